The predicted octanol–water partition coefficient (Wildman–Crippen LogP) is 0.128. The molecule has 0 aromatic heterocycles. The quantitative estimate of drug-likeness (QED) is 0.570. The van der Waals surface area contributed by atoms with E-state index >= 15 is 0 Å². The highest BCUT2D eigenvalue weighted by Crippen LogP contribution is 2.19. The lowest BCUT2D eigenvalue weighted by atomic mass is 10.0. The van der Waals surface area contributed by atoms with Crippen molar-refractivity contribution in [2.45, 2.75) is 18.6 Å². The van der Waals surface area contributed by atoms with Gasteiger partial charge in [0.1, 0.15) is 6.10 Å². The first-order chi connectivity index (χ1) is 7.56. The van der Waals surface area contributed by atoms with Gasteiger partial charge in [-0.25, -0.2) is 4.79 Å². The van der Waals surface area contributed by atoms with E-state index in [4.69, 9.17) is 10.8 Å². The van der Waals surface area contributed by atoms with E-state index in [0.717, 1.165) is 0 Å². The van der Waals surface area contributed by atoms with Gasteiger partial charge in [-0.2, -0.15) is 0 Å². The van der Waals surface area contributed by atoms with Crippen molar-refractivity contribution < 1.29 is 20.1 Å². The van der Waals surface area contributed by atoms with Crippen molar-refractivity contribution in [3.05, 3.63) is 35.4 Å². The number of aromatic carboxylic acids is 1. The third-order valence-corrected chi connectivity index (χ3v) is 2.30. The lowest BCUT2D eigenvalue weighted by Crippen LogP contribution is -2.22. The van der Waals surface area contributed by atoms with Crippen LogP contribution in [0.2, 0.25) is 0 Å². The van der Waals surface area contributed by atoms with Crippen LogP contribution in [-0.2, 0) is 0 Å². The van der Waals surface area contributed by atoms with E-state index in [9.17, 15) is 15.0 Å². The topological polar surface area (TPSA) is 104 Å². The molecule has 0 saturated carbocycles. The zero-order valence-corrected chi connectivity index (χ0v) is 8.71. The smallest absolute Gasteiger partial charge is 0.335 e. The second kappa shape index (κ2) is 5.60. The Bertz CT molecular complexity index is 367. The second-order valence-corrected chi connectivity index (χ2v) is 3.52. The number of hydrogen-bond acceptors (Lipinski definition) is 4. The Labute approximate surface area is 93.1 Å². The largest absolute Gasteiger partial charge is 0.478 e. The van der Waals surface area contributed by atoms with Gasteiger partial charge in [-0.1, -0.05) is 12.1 Å². The lowest BCUT2D eigenvalue weighted by molar-refractivity contribution is 0.0149. The maximum atomic E-state index is 10.7. The molecular formula is C11H15NO4. The molecule has 0 fully saturated rings. The zero-order chi connectivity index (χ0) is 12.1. The molecule has 5 heteroatoms. The van der Waals surface area contributed by atoms with Crippen molar-refractivity contribution in [1.29, 1.82) is 0 Å². The number of carboxylic acids is 1. The van der Waals surface area contributed by atoms with Crippen LogP contribution in [0.25, 0.3) is 0 Å². The third kappa shape index (κ3) is 3.03. The number of nitrogens with two attached hydrogens (primary N) is 1. The summed E-state index contributed by atoms with van der Waals surface area (Å²) in [4.78, 5) is 10.7. The molecule has 0 radical (unpaired) electrons. The van der Waals surface area contributed by atoms with Gasteiger partial charge in [0.15, 0.2) is 0 Å². The highest BCUT2D eigenvalue weighted by Gasteiger charge is 2.18. The molecule has 1 aromatic rings. The summed E-state index contributed by atoms with van der Waals surface area (Å²) in [5.41, 5.74) is 5.71. The van der Waals surface area contributed by atoms with Gasteiger partial charge in [-0.05, 0) is 30.7 Å². The molecule has 5 N–H and O–H groups in total. The summed E-state index contributed by atoms with van der Waals surface area (Å²) >= 11 is 0. The molecule has 2 unspecified atom stereocenters. The number of carbonyl (C=O) groups is 1. The SMILES string of the molecule is NCCC(O)C(O)c1cccc(C(=O)O)c1. The highest BCUT2D eigenvalue weighted by molar-refractivity contribution is 5.87. The summed E-state index contributed by atoms with van der Waals surface area (Å²) in [6.45, 7) is 0.261. The molecule has 16 heavy (non-hydrogen) atoms. The molecule has 0 aliphatic rings. The van der Waals surface area contributed by atoms with Crippen LogP contribution < -0.4 is 5.73 Å². The summed E-state index contributed by atoms with van der Waals surface area (Å²) in [7, 11) is 0. The van der Waals surface area contributed by atoms with Gasteiger partial charge in [0, 0.05) is 0 Å². The molecule has 0 heterocycles. The van der Waals surface area contributed by atoms with Gasteiger partial charge >= 0.3 is 5.97 Å². The molecule has 2 atom stereocenters. The first kappa shape index (κ1) is 12.6. The van der Waals surface area contributed by atoms with Crippen LogP contribution in [0.15, 0.2) is 24.3 Å². The number of carboxylic acid groups (broad SMARTS) is 1. The van der Waals surface area contributed by atoms with Crippen LogP contribution in [0, 0.1) is 0 Å². The lowest BCUT2D eigenvalue weighted by Gasteiger charge is -2.17. The normalized spacial score (nSPS) is 14.4. The zero-order valence-electron chi connectivity index (χ0n) is 8.71. The van der Waals surface area contributed by atoms with Gasteiger partial charge in [0.25, 0.3) is 0 Å². The minimum absolute atomic E-state index is 0.0801. The molecule has 1 rings (SSSR count). The van der Waals surface area contributed by atoms with Gasteiger partial charge in [-0.3, -0.25) is 0 Å². The van der Waals surface area contributed by atoms with Crippen molar-refractivity contribution in [2.24, 2.45) is 5.73 Å². The van der Waals surface area contributed by atoms with Crippen molar-refractivity contribution in [1.82, 2.24) is 0 Å². The maximum absolute atomic E-state index is 10.7. The van der Waals surface area contributed by atoms with Crippen molar-refractivity contribution in [3.8, 4) is 0 Å². The summed E-state index contributed by atoms with van der Waals surface area (Å²) in [5, 5.41) is 28.0. The van der Waals surface area contributed by atoms with Crippen molar-refractivity contribution in [3.63, 3.8) is 0 Å². The Morgan fingerprint density at radius 2 is 2.06 bits per heavy atom. The van der Waals surface area contributed by atoms with E-state index in [-0.39, 0.29) is 18.5 Å². The van der Waals surface area contributed by atoms with E-state index in [1.807, 2.05) is 0 Å². The molecule has 0 saturated heterocycles. The number of rotatable bonds is 5. The number of benzene rings is 1. The first-order valence-corrected chi connectivity index (χ1v) is 4.95. The Morgan fingerprint density at radius 1 is 1.38 bits per heavy atom. The minimum atomic E-state index is -1.11. The van der Waals surface area contributed by atoms with E-state index in [1.54, 1.807) is 6.07 Å². The first-order valence-electron chi connectivity index (χ1n) is 4.95. The third-order valence-electron chi connectivity index (χ3n) is 2.30. The molecule has 0 amide bonds. The Kier molecular flexibility index (Phi) is 4.42. The van der Waals surface area contributed by atoms with Crippen LogP contribution >= 0.6 is 0 Å². The fourth-order valence-corrected chi connectivity index (χ4v) is 1.41. The van der Waals surface area contributed by atoms with Gasteiger partial charge in [-0.15, -0.1) is 0 Å². The Hall–Kier alpha value is -1.43. The fourth-order valence-electron chi connectivity index (χ4n) is 1.41. The van der Waals surface area contributed by atoms with E-state index in [1.165, 1.54) is 18.2 Å². The van der Waals surface area contributed by atoms with Crippen molar-refractivity contribution >= 4 is 5.97 Å². The second-order valence-electron chi connectivity index (χ2n) is 3.52. The molecule has 0 spiro atoms. The summed E-state index contributed by atoms with van der Waals surface area (Å²) in [6.07, 6.45) is -1.82. The summed E-state index contributed by atoms with van der Waals surface area (Å²) in [6, 6.07) is 5.86. The van der Waals surface area contributed by atoms with Crippen LogP contribution in [0.5, 0.6) is 0 Å². The molecule has 0 aliphatic heterocycles. The van der Waals surface area contributed by atoms with Gasteiger partial charge in [0.05, 0.1) is 11.7 Å². The number of hydrogen-bond donors (Lipinski definition) is 4. The van der Waals surface area contributed by atoms with Crippen LogP contribution in [-0.4, -0.2) is 33.9 Å². The van der Waals surface area contributed by atoms with Crippen LogP contribution in [0.4, 0.5) is 0 Å². The summed E-state index contributed by atoms with van der Waals surface area (Å²) in [5.74, 6) is -1.07. The average Bonchev–Trinajstić information content (AvgIpc) is 2.28. The van der Waals surface area contributed by atoms with E-state index in [0.29, 0.717) is 5.56 Å². The Balaban J connectivity index is 2.86. The average molecular weight is 225 g/mol. The van der Waals surface area contributed by atoms with Crippen molar-refractivity contribution in [2.75, 3.05) is 6.54 Å². The molecule has 1 aromatic carbocycles. The van der Waals surface area contributed by atoms with Crippen LogP contribution in [0.3, 0.4) is 0 Å². The molecule has 0 aliphatic carbocycles. The summed E-state index contributed by atoms with van der Waals surface area (Å²) < 4.78 is 0. The highest BCUT2D eigenvalue weighted by atomic mass is 16.4. The standard InChI is InChI=1S/C11H15NO4/c12-5-4-9(13)10(14)7-2-1-3-8(6-7)11(15)16/h1-3,6,9-10,13-14H,4-5,12H2,(H,15,16). The fraction of sp³-hybridized carbons (Fsp3) is 0.364. The van der Waals surface area contributed by atoms with E-state index < -0.39 is 18.2 Å². The monoisotopic (exact) mass is 225 g/mol. The molecular weight excluding hydrogens is 210 g/mol. The molecule has 0 bridgehead atoms. The number of aliphatic hydroxyl groups is 2. The molecule has 88 valence electrons. The number of aliphatic hydroxyl groups excluding tert-OH is 2. The maximum Gasteiger partial charge on any atom is 0.335 e. The minimum Gasteiger partial charge on any atom is -0.478 e. The van der Waals surface area contributed by atoms with Gasteiger partial charge < -0.3 is 21.1 Å². The van der Waals surface area contributed by atoms with Crippen LogP contribution in [0.1, 0.15) is 28.4 Å². The predicted molar refractivity (Wildman–Crippen MR) is 58.0 cm³/mol. The van der Waals surface area contributed by atoms with E-state index in [2.05, 4.69) is 0 Å². The van der Waals surface area contributed by atoms with Gasteiger partial charge in [0.2, 0.25) is 0 Å². The Morgan fingerprint density at radius 3 is 2.62 bits per heavy atom. The molecule has 5 nitrogen and oxygen atoms in total.